The van der Waals surface area contributed by atoms with Gasteiger partial charge in [-0.2, -0.15) is 0 Å². The fourth-order valence-electron chi connectivity index (χ4n) is 4.70. The minimum atomic E-state index is 0.0829. The summed E-state index contributed by atoms with van der Waals surface area (Å²) < 4.78 is 0. The van der Waals surface area contributed by atoms with E-state index in [0.717, 1.165) is 25.4 Å². The van der Waals surface area contributed by atoms with Gasteiger partial charge in [0.2, 0.25) is 5.91 Å². The second kappa shape index (κ2) is 6.66. The number of fused-ring (bicyclic) bond motifs is 1. The van der Waals surface area contributed by atoms with Crippen molar-refractivity contribution in [3.63, 3.8) is 0 Å². The molecule has 0 aromatic carbocycles. The van der Waals surface area contributed by atoms with Crippen LogP contribution in [0.4, 0.5) is 0 Å². The molecular formula is C17H31N3O. The zero-order chi connectivity index (χ0) is 14.8. The van der Waals surface area contributed by atoms with E-state index in [-0.39, 0.29) is 6.04 Å². The molecular weight excluding hydrogens is 262 g/mol. The second-order valence-electron chi connectivity index (χ2n) is 7.25. The largest absolute Gasteiger partial charge is 0.343 e. The highest BCUT2D eigenvalue weighted by atomic mass is 16.2. The van der Waals surface area contributed by atoms with E-state index in [1.807, 2.05) is 11.9 Å². The van der Waals surface area contributed by atoms with Gasteiger partial charge in [0.15, 0.2) is 0 Å². The maximum absolute atomic E-state index is 12.7. The van der Waals surface area contributed by atoms with E-state index in [1.54, 1.807) is 0 Å². The molecule has 120 valence electrons. The molecule has 1 amide bonds. The van der Waals surface area contributed by atoms with E-state index in [9.17, 15) is 4.79 Å². The molecule has 3 rings (SSSR count). The highest BCUT2D eigenvalue weighted by Gasteiger charge is 2.39. The molecule has 0 aromatic heterocycles. The molecule has 2 saturated heterocycles. The Balaban J connectivity index is 1.53. The normalized spacial score (nSPS) is 36.7. The molecule has 1 saturated carbocycles. The van der Waals surface area contributed by atoms with Crippen molar-refractivity contribution in [2.45, 2.75) is 70.0 Å². The summed E-state index contributed by atoms with van der Waals surface area (Å²) in [6, 6.07) is 1.27. The van der Waals surface area contributed by atoms with Crippen molar-refractivity contribution in [3.8, 4) is 0 Å². The number of hydrogen-bond acceptors (Lipinski definition) is 3. The van der Waals surface area contributed by atoms with Gasteiger partial charge < -0.3 is 10.2 Å². The van der Waals surface area contributed by atoms with Crippen molar-refractivity contribution in [1.29, 1.82) is 0 Å². The molecule has 21 heavy (non-hydrogen) atoms. The molecule has 0 bridgehead atoms. The van der Waals surface area contributed by atoms with E-state index in [4.69, 9.17) is 0 Å². The zero-order valence-corrected chi connectivity index (χ0v) is 13.7. The Morgan fingerprint density at radius 3 is 2.81 bits per heavy atom. The van der Waals surface area contributed by atoms with E-state index >= 15 is 0 Å². The van der Waals surface area contributed by atoms with Crippen LogP contribution in [0.25, 0.3) is 0 Å². The van der Waals surface area contributed by atoms with Crippen molar-refractivity contribution in [2.75, 3.05) is 26.7 Å². The third kappa shape index (κ3) is 3.26. The lowest BCUT2D eigenvalue weighted by molar-refractivity contribution is -0.132. The predicted molar refractivity (Wildman–Crippen MR) is 85.2 cm³/mol. The Morgan fingerprint density at radius 1 is 1.24 bits per heavy atom. The summed E-state index contributed by atoms with van der Waals surface area (Å²) in [5.74, 6) is 1.08. The van der Waals surface area contributed by atoms with E-state index in [0.29, 0.717) is 18.0 Å². The molecule has 3 aliphatic rings. The first-order chi connectivity index (χ1) is 10.2. The Hall–Kier alpha value is -0.610. The first-order valence-electron chi connectivity index (χ1n) is 8.94. The zero-order valence-electron chi connectivity index (χ0n) is 13.7. The van der Waals surface area contributed by atoms with Gasteiger partial charge in [-0.3, -0.25) is 9.69 Å². The quantitative estimate of drug-likeness (QED) is 0.859. The van der Waals surface area contributed by atoms with Crippen LogP contribution in [-0.2, 0) is 4.79 Å². The summed E-state index contributed by atoms with van der Waals surface area (Å²) in [6.07, 6.45) is 8.87. The number of rotatable bonds is 4. The third-order valence-electron chi connectivity index (χ3n) is 5.93. The maximum atomic E-state index is 12.7. The van der Waals surface area contributed by atoms with E-state index in [1.165, 1.54) is 45.1 Å². The molecule has 2 heterocycles. The molecule has 0 aromatic rings. The Bertz CT molecular complexity index is 359. The number of nitrogens with zero attached hydrogens (tertiary/aromatic N) is 2. The van der Waals surface area contributed by atoms with Crippen molar-refractivity contribution < 1.29 is 4.79 Å². The second-order valence-corrected chi connectivity index (χ2v) is 7.25. The number of hydrogen-bond donors (Lipinski definition) is 1. The van der Waals surface area contributed by atoms with Gasteiger partial charge in [0.05, 0.1) is 6.04 Å². The summed E-state index contributed by atoms with van der Waals surface area (Å²) >= 11 is 0. The third-order valence-corrected chi connectivity index (χ3v) is 5.93. The van der Waals surface area contributed by atoms with Crippen LogP contribution < -0.4 is 5.32 Å². The summed E-state index contributed by atoms with van der Waals surface area (Å²) in [6.45, 7) is 5.44. The van der Waals surface area contributed by atoms with Gasteiger partial charge in [-0.25, -0.2) is 0 Å². The maximum Gasteiger partial charge on any atom is 0.239 e. The number of likely N-dealkylation sites (tertiary alicyclic amines) is 1. The standard InChI is InChI=1S/C17H31N3O/c1-3-20-10-6-8-14(20)12-19(2)17(21)16-11-13-7-4-5-9-15(13)18-16/h13-16,18H,3-12H2,1-2H3. The SMILES string of the molecule is CCN1CCCC1CN(C)C(=O)C1CC2CCCCC2N1. The Labute approximate surface area is 129 Å². The highest BCUT2D eigenvalue weighted by Crippen LogP contribution is 2.33. The van der Waals surface area contributed by atoms with Gasteiger partial charge in [0.1, 0.15) is 0 Å². The van der Waals surface area contributed by atoms with Gasteiger partial charge >= 0.3 is 0 Å². The predicted octanol–water partition coefficient (Wildman–Crippen LogP) is 1.85. The molecule has 4 unspecified atom stereocenters. The number of carbonyl (C=O) groups excluding carboxylic acids is 1. The Kier molecular flexibility index (Phi) is 4.85. The van der Waals surface area contributed by atoms with Crippen LogP contribution in [0, 0.1) is 5.92 Å². The van der Waals surface area contributed by atoms with Crippen molar-refractivity contribution in [3.05, 3.63) is 0 Å². The minimum Gasteiger partial charge on any atom is -0.343 e. The minimum absolute atomic E-state index is 0.0829. The monoisotopic (exact) mass is 293 g/mol. The molecule has 4 heteroatoms. The van der Waals surface area contributed by atoms with Gasteiger partial charge in [0, 0.05) is 25.7 Å². The number of carbonyl (C=O) groups is 1. The molecule has 2 aliphatic heterocycles. The van der Waals surface area contributed by atoms with Crippen LogP contribution in [0.2, 0.25) is 0 Å². The average Bonchev–Trinajstić information content (AvgIpc) is 3.11. The fraction of sp³-hybridized carbons (Fsp3) is 0.941. The van der Waals surface area contributed by atoms with Crippen LogP contribution in [0.3, 0.4) is 0 Å². The lowest BCUT2D eigenvalue weighted by Gasteiger charge is -2.29. The summed E-state index contributed by atoms with van der Waals surface area (Å²) in [5, 5.41) is 3.62. The summed E-state index contributed by atoms with van der Waals surface area (Å²) in [4.78, 5) is 17.2. The molecule has 3 fully saturated rings. The number of amides is 1. The lowest BCUT2D eigenvalue weighted by Crippen LogP contribution is -2.48. The molecule has 1 aliphatic carbocycles. The highest BCUT2D eigenvalue weighted by molar-refractivity contribution is 5.82. The van der Waals surface area contributed by atoms with Crippen LogP contribution in [0.5, 0.6) is 0 Å². The molecule has 4 nitrogen and oxygen atoms in total. The van der Waals surface area contributed by atoms with E-state index < -0.39 is 0 Å². The molecule has 0 radical (unpaired) electrons. The van der Waals surface area contributed by atoms with Crippen LogP contribution in [0.15, 0.2) is 0 Å². The first-order valence-corrected chi connectivity index (χ1v) is 8.94. The van der Waals surface area contributed by atoms with Crippen molar-refractivity contribution in [1.82, 2.24) is 15.1 Å². The Morgan fingerprint density at radius 2 is 2.05 bits per heavy atom. The fourth-order valence-corrected chi connectivity index (χ4v) is 4.70. The lowest BCUT2D eigenvalue weighted by atomic mass is 9.85. The topological polar surface area (TPSA) is 35.6 Å². The van der Waals surface area contributed by atoms with Crippen molar-refractivity contribution >= 4 is 5.91 Å². The first kappa shape index (κ1) is 15.3. The molecule has 0 spiro atoms. The molecule has 1 N–H and O–H groups in total. The smallest absolute Gasteiger partial charge is 0.239 e. The van der Waals surface area contributed by atoms with Crippen LogP contribution in [-0.4, -0.2) is 60.5 Å². The van der Waals surface area contributed by atoms with Crippen molar-refractivity contribution in [2.24, 2.45) is 5.92 Å². The van der Waals surface area contributed by atoms with Gasteiger partial charge in [-0.1, -0.05) is 19.8 Å². The number of likely N-dealkylation sites (N-methyl/N-ethyl adjacent to an activating group) is 2. The van der Waals surface area contributed by atoms with Crippen LogP contribution >= 0.6 is 0 Å². The average molecular weight is 293 g/mol. The van der Waals surface area contributed by atoms with Gasteiger partial charge in [-0.15, -0.1) is 0 Å². The number of nitrogens with one attached hydrogen (secondary N) is 1. The summed E-state index contributed by atoms with van der Waals surface area (Å²) in [7, 11) is 2.00. The van der Waals surface area contributed by atoms with Crippen LogP contribution in [0.1, 0.15) is 51.9 Å². The molecule has 4 atom stereocenters. The van der Waals surface area contributed by atoms with Gasteiger partial charge in [-0.05, 0) is 51.1 Å². The van der Waals surface area contributed by atoms with Gasteiger partial charge in [0.25, 0.3) is 0 Å². The summed E-state index contributed by atoms with van der Waals surface area (Å²) in [5.41, 5.74) is 0. The van der Waals surface area contributed by atoms with E-state index in [2.05, 4.69) is 17.1 Å².